The Balaban J connectivity index is 1.39. The number of aromatic nitrogens is 2. The van der Waals surface area contributed by atoms with Crippen molar-refractivity contribution in [3.8, 4) is 11.5 Å². The Morgan fingerprint density at radius 2 is 1.75 bits per heavy atom. The maximum absolute atomic E-state index is 12.6. The lowest BCUT2D eigenvalue weighted by atomic mass is 10.2. The fourth-order valence-electron chi connectivity index (χ4n) is 3.02. The average molecular weight is 469 g/mol. The van der Waals surface area contributed by atoms with E-state index in [0.29, 0.717) is 33.0 Å². The van der Waals surface area contributed by atoms with Crippen molar-refractivity contribution >= 4 is 55.0 Å². The maximum atomic E-state index is 12.6. The zero-order chi connectivity index (χ0) is 22.7. The second kappa shape index (κ2) is 9.33. The number of hydrogen-bond donors (Lipinski definition) is 2. The van der Waals surface area contributed by atoms with Crippen molar-refractivity contribution in [3.05, 3.63) is 58.6 Å². The van der Waals surface area contributed by atoms with Crippen LogP contribution < -0.4 is 20.1 Å². The first-order chi connectivity index (χ1) is 15.4. The number of benzene rings is 2. The molecule has 0 radical (unpaired) electrons. The number of hydrogen-bond acceptors (Lipinski definition) is 8. The third kappa shape index (κ3) is 4.87. The molecule has 2 amide bonds. The van der Waals surface area contributed by atoms with Crippen LogP contribution in [0.5, 0.6) is 11.5 Å². The smallest absolute Gasteiger partial charge is 0.257 e. The summed E-state index contributed by atoms with van der Waals surface area (Å²) in [5.74, 6) is 0.451. The van der Waals surface area contributed by atoms with Crippen molar-refractivity contribution in [2.24, 2.45) is 0 Å². The molecule has 0 saturated heterocycles. The molecule has 4 rings (SSSR count). The van der Waals surface area contributed by atoms with E-state index >= 15 is 0 Å². The Morgan fingerprint density at radius 3 is 2.44 bits per heavy atom. The number of methoxy groups -OCH3 is 2. The van der Waals surface area contributed by atoms with Gasteiger partial charge in [0.1, 0.15) is 11.5 Å². The standard InChI is InChI=1S/C22H20N4O4S2/c1-12-5-4-6-17-19(12)25-22(32-17)24-18(27)9-14-11-31-21(23-14)26-20(28)13-7-15(29-2)10-16(8-13)30-3/h4-8,10-11H,9H2,1-3H3,(H,23,26,28)(H,24,25,27). The monoisotopic (exact) mass is 468 g/mol. The summed E-state index contributed by atoms with van der Waals surface area (Å²) in [6.45, 7) is 1.99. The highest BCUT2D eigenvalue weighted by atomic mass is 32.1. The zero-order valence-corrected chi connectivity index (χ0v) is 19.2. The van der Waals surface area contributed by atoms with Gasteiger partial charge in [0.2, 0.25) is 5.91 Å². The van der Waals surface area contributed by atoms with Crippen LogP contribution in [0.25, 0.3) is 10.2 Å². The molecule has 0 bridgehead atoms. The third-order valence-corrected chi connectivity index (χ3v) is 6.34. The molecule has 0 atom stereocenters. The number of ether oxygens (including phenoxy) is 2. The van der Waals surface area contributed by atoms with Gasteiger partial charge in [-0.2, -0.15) is 0 Å². The number of thiazole rings is 2. The number of anilines is 2. The van der Waals surface area contributed by atoms with Gasteiger partial charge in [-0.25, -0.2) is 9.97 Å². The normalized spacial score (nSPS) is 10.7. The van der Waals surface area contributed by atoms with Crippen molar-refractivity contribution in [1.82, 2.24) is 9.97 Å². The van der Waals surface area contributed by atoms with Crippen LogP contribution in [0.2, 0.25) is 0 Å². The number of nitrogens with one attached hydrogen (secondary N) is 2. The van der Waals surface area contributed by atoms with Gasteiger partial charge in [-0.15, -0.1) is 11.3 Å². The van der Waals surface area contributed by atoms with E-state index in [0.717, 1.165) is 15.8 Å². The van der Waals surface area contributed by atoms with Crippen molar-refractivity contribution < 1.29 is 19.1 Å². The fourth-order valence-corrected chi connectivity index (χ4v) is 4.69. The number of amides is 2. The number of carbonyl (C=O) groups is 2. The number of para-hydroxylation sites is 1. The topological polar surface area (TPSA) is 102 Å². The van der Waals surface area contributed by atoms with E-state index in [-0.39, 0.29) is 18.2 Å². The highest BCUT2D eigenvalue weighted by molar-refractivity contribution is 7.22. The summed E-state index contributed by atoms with van der Waals surface area (Å²) in [5, 5.41) is 8.26. The van der Waals surface area contributed by atoms with E-state index < -0.39 is 0 Å². The van der Waals surface area contributed by atoms with Gasteiger partial charge in [0.05, 0.1) is 36.6 Å². The lowest BCUT2D eigenvalue weighted by Gasteiger charge is -2.08. The van der Waals surface area contributed by atoms with Crippen LogP contribution in [0.3, 0.4) is 0 Å². The number of nitrogens with zero attached hydrogens (tertiary/aromatic N) is 2. The van der Waals surface area contributed by atoms with Crippen molar-refractivity contribution in [2.75, 3.05) is 24.9 Å². The largest absolute Gasteiger partial charge is 0.497 e. The lowest BCUT2D eigenvalue weighted by Crippen LogP contribution is -2.15. The van der Waals surface area contributed by atoms with E-state index in [4.69, 9.17) is 9.47 Å². The summed E-state index contributed by atoms with van der Waals surface area (Å²) in [4.78, 5) is 33.9. The lowest BCUT2D eigenvalue weighted by molar-refractivity contribution is -0.115. The zero-order valence-electron chi connectivity index (χ0n) is 17.6. The van der Waals surface area contributed by atoms with Gasteiger partial charge in [-0.1, -0.05) is 23.5 Å². The van der Waals surface area contributed by atoms with Crippen molar-refractivity contribution in [3.63, 3.8) is 0 Å². The first-order valence-corrected chi connectivity index (χ1v) is 11.3. The predicted molar refractivity (Wildman–Crippen MR) is 126 cm³/mol. The first-order valence-electron chi connectivity index (χ1n) is 9.60. The molecule has 0 aliphatic carbocycles. The number of carbonyl (C=O) groups excluding carboxylic acids is 2. The Kier molecular flexibility index (Phi) is 6.33. The van der Waals surface area contributed by atoms with Crippen molar-refractivity contribution in [1.29, 1.82) is 0 Å². The highest BCUT2D eigenvalue weighted by Gasteiger charge is 2.15. The molecule has 10 heteroatoms. The highest BCUT2D eigenvalue weighted by Crippen LogP contribution is 2.28. The van der Waals surface area contributed by atoms with Gasteiger partial charge in [-0.05, 0) is 30.7 Å². The molecule has 32 heavy (non-hydrogen) atoms. The van der Waals surface area contributed by atoms with E-state index in [2.05, 4.69) is 20.6 Å². The molecular formula is C22H20N4O4S2. The Bertz CT molecular complexity index is 1280. The molecule has 0 unspecified atom stereocenters. The van der Waals surface area contributed by atoms with Gasteiger partial charge in [0, 0.05) is 17.0 Å². The van der Waals surface area contributed by atoms with E-state index in [1.54, 1.807) is 23.6 Å². The summed E-state index contributed by atoms with van der Waals surface area (Å²) >= 11 is 2.68. The number of fused-ring (bicyclic) bond motifs is 1. The van der Waals surface area contributed by atoms with Crippen LogP contribution in [0.1, 0.15) is 21.6 Å². The molecule has 2 aromatic heterocycles. The summed E-state index contributed by atoms with van der Waals surface area (Å²) < 4.78 is 11.4. The molecule has 0 fully saturated rings. The Morgan fingerprint density at radius 1 is 1.00 bits per heavy atom. The van der Waals surface area contributed by atoms with Crippen LogP contribution in [-0.4, -0.2) is 36.0 Å². The maximum Gasteiger partial charge on any atom is 0.257 e. The number of rotatable bonds is 7. The summed E-state index contributed by atoms with van der Waals surface area (Å²) in [7, 11) is 3.04. The van der Waals surface area contributed by atoms with Gasteiger partial charge in [0.15, 0.2) is 10.3 Å². The van der Waals surface area contributed by atoms with E-state index in [1.807, 2.05) is 25.1 Å². The quantitative estimate of drug-likeness (QED) is 0.414. The van der Waals surface area contributed by atoms with Crippen molar-refractivity contribution in [2.45, 2.75) is 13.3 Å². The molecule has 2 aromatic carbocycles. The third-order valence-electron chi connectivity index (χ3n) is 4.59. The molecule has 0 spiro atoms. The molecule has 0 aliphatic heterocycles. The summed E-state index contributed by atoms with van der Waals surface area (Å²) in [5.41, 5.74) is 2.89. The number of aryl methyl sites for hydroxylation is 1. The fraction of sp³-hybridized carbons (Fsp3) is 0.182. The molecular weight excluding hydrogens is 448 g/mol. The van der Waals surface area contributed by atoms with Crippen LogP contribution >= 0.6 is 22.7 Å². The van der Waals surface area contributed by atoms with E-state index in [1.165, 1.54) is 36.9 Å². The second-order valence-electron chi connectivity index (χ2n) is 6.87. The minimum Gasteiger partial charge on any atom is -0.497 e. The molecule has 4 aromatic rings. The second-order valence-corrected chi connectivity index (χ2v) is 8.75. The first kappa shape index (κ1) is 21.7. The molecule has 0 saturated carbocycles. The van der Waals surface area contributed by atoms with Gasteiger partial charge < -0.3 is 14.8 Å². The molecule has 2 heterocycles. The van der Waals surface area contributed by atoms with E-state index in [9.17, 15) is 9.59 Å². The van der Waals surface area contributed by atoms with Crippen LogP contribution in [0, 0.1) is 6.92 Å². The minimum absolute atomic E-state index is 0.0776. The Labute approximate surface area is 192 Å². The van der Waals surface area contributed by atoms with Crippen LogP contribution in [0.15, 0.2) is 41.8 Å². The molecule has 164 valence electrons. The average Bonchev–Trinajstić information content (AvgIpc) is 3.40. The van der Waals surface area contributed by atoms with Crippen LogP contribution in [0.4, 0.5) is 10.3 Å². The SMILES string of the molecule is COc1cc(OC)cc(C(=O)Nc2nc(CC(=O)Nc3nc4c(C)cccc4s3)cs2)c1. The summed E-state index contributed by atoms with van der Waals surface area (Å²) in [6, 6.07) is 10.8. The molecule has 8 nitrogen and oxygen atoms in total. The van der Waals surface area contributed by atoms with Gasteiger partial charge >= 0.3 is 0 Å². The molecule has 2 N–H and O–H groups in total. The summed E-state index contributed by atoms with van der Waals surface area (Å²) in [6.07, 6.45) is 0.0776. The molecule has 0 aliphatic rings. The predicted octanol–water partition coefficient (Wildman–Crippen LogP) is 4.51. The van der Waals surface area contributed by atoms with Gasteiger partial charge in [-0.3, -0.25) is 14.9 Å². The van der Waals surface area contributed by atoms with Crippen LogP contribution in [-0.2, 0) is 11.2 Å². The Hall–Kier alpha value is -3.50. The minimum atomic E-state index is -0.350. The van der Waals surface area contributed by atoms with Gasteiger partial charge in [0.25, 0.3) is 5.91 Å².